The number of aliphatic hydroxyl groups excluding tert-OH is 2. The number of H-pyrrole nitrogens is 1. The molecule has 0 bridgehead atoms. The summed E-state index contributed by atoms with van der Waals surface area (Å²) < 4.78 is 39.9. The molecular formula is C21H24F2N6O4. The van der Waals surface area contributed by atoms with Crippen molar-refractivity contribution in [2.75, 3.05) is 19.8 Å². The fourth-order valence-electron chi connectivity index (χ4n) is 3.83. The van der Waals surface area contributed by atoms with E-state index in [-0.39, 0.29) is 19.1 Å². The van der Waals surface area contributed by atoms with Crippen molar-refractivity contribution in [1.29, 1.82) is 0 Å². The summed E-state index contributed by atoms with van der Waals surface area (Å²) in [7, 11) is 1.66. The van der Waals surface area contributed by atoms with E-state index in [0.29, 0.717) is 35.0 Å². The first-order chi connectivity index (χ1) is 15.9. The van der Waals surface area contributed by atoms with Gasteiger partial charge in [0.05, 0.1) is 42.3 Å². The van der Waals surface area contributed by atoms with Gasteiger partial charge in [-0.3, -0.25) is 4.68 Å². The quantitative estimate of drug-likeness (QED) is 0.416. The number of aromatic amines is 1. The van der Waals surface area contributed by atoms with Crippen molar-refractivity contribution in [2.45, 2.75) is 26.5 Å². The minimum Gasteiger partial charge on any atom is -0.477 e. The molecule has 0 aliphatic carbocycles. The number of fused-ring (bicyclic) bond motifs is 2. The summed E-state index contributed by atoms with van der Waals surface area (Å²) in [6.07, 6.45) is 4.20. The van der Waals surface area contributed by atoms with Crippen molar-refractivity contribution in [2.24, 2.45) is 7.05 Å². The molecule has 0 spiro atoms. The lowest BCUT2D eigenvalue weighted by Gasteiger charge is -2.16. The summed E-state index contributed by atoms with van der Waals surface area (Å²) in [5.41, 5.74) is 3.98. The second-order valence-electron chi connectivity index (χ2n) is 7.31. The molecule has 3 N–H and O–H groups in total. The Morgan fingerprint density at radius 1 is 1.24 bits per heavy atom. The van der Waals surface area contributed by atoms with Crippen molar-refractivity contribution in [3.05, 3.63) is 30.2 Å². The number of alkyl halides is 2. The van der Waals surface area contributed by atoms with E-state index < -0.39 is 6.61 Å². The molecule has 0 fully saturated rings. The average molecular weight is 462 g/mol. The van der Waals surface area contributed by atoms with Crippen LogP contribution in [-0.2, 0) is 13.6 Å². The van der Waals surface area contributed by atoms with Crippen LogP contribution in [0.4, 0.5) is 8.78 Å². The molecule has 0 atom stereocenters. The highest BCUT2D eigenvalue weighted by molar-refractivity contribution is 6.04. The molecule has 1 aliphatic rings. The molecular weight excluding hydrogens is 438 g/mol. The number of aliphatic hydroxyl groups is 2. The summed E-state index contributed by atoms with van der Waals surface area (Å²) in [6.45, 7) is 0.0197. The average Bonchev–Trinajstić information content (AvgIpc) is 3.44. The normalized spacial score (nSPS) is 12.9. The van der Waals surface area contributed by atoms with E-state index >= 15 is 0 Å². The third kappa shape index (κ3) is 4.39. The number of aromatic nitrogens is 6. The number of rotatable bonds is 5. The molecule has 0 amide bonds. The summed E-state index contributed by atoms with van der Waals surface area (Å²) in [4.78, 5) is 7.72. The molecule has 10 nitrogen and oxygen atoms in total. The molecule has 5 rings (SSSR count). The first kappa shape index (κ1) is 22.7. The highest BCUT2D eigenvalue weighted by Gasteiger charge is 2.29. The van der Waals surface area contributed by atoms with Gasteiger partial charge in [0.1, 0.15) is 5.65 Å². The number of halogens is 2. The summed E-state index contributed by atoms with van der Waals surface area (Å²) in [5.74, 6) is 0.509. The molecule has 176 valence electrons. The molecule has 5 heterocycles. The monoisotopic (exact) mass is 462 g/mol. The topological polar surface area (TPSA) is 123 Å². The van der Waals surface area contributed by atoms with Gasteiger partial charge in [-0.2, -0.15) is 13.9 Å². The lowest BCUT2D eigenvalue weighted by atomic mass is 10.0. The largest absolute Gasteiger partial charge is 0.477 e. The van der Waals surface area contributed by atoms with E-state index in [1.165, 1.54) is 4.68 Å². The molecule has 4 aromatic rings. The third-order valence-electron chi connectivity index (χ3n) is 5.02. The molecule has 1 aliphatic heterocycles. The molecule has 0 aromatic carbocycles. The Labute approximate surface area is 187 Å². The smallest absolute Gasteiger partial charge is 0.388 e. The van der Waals surface area contributed by atoms with Gasteiger partial charge in [0, 0.05) is 43.4 Å². The van der Waals surface area contributed by atoms with E-state index in [2.05, 4.69) is 20.2 Å². The van der Waals surface area contributed by atoms with Crippen molar-refractivity contribution in [3.63, 3.8) is 0 Å². The number of hydrogen-bond acceptors (Lipinski definition) is 7. The number of nitrogens with zero attached hydrogens (tertiary/aromatic N) is 5. The Morgan fingerprint density at radius 2 is 2.03 bits per heavy atom. The molecule has 0 saturated carbocycles. The fourth-order valence-corrected chi connectivity index (χ4v) is 3.83. The van der Waals surface area contributed by atoms with Gasteiger partial charge in [-0.1, -0.05) is 0 Å². The van der Waals surface area contributed by atoms with E-state index in [1.807, 2.05) is 17.7 Å². The van der Waals surface area contributed by atoms with Gasteiger partial charge in [-0.05, 0) is 19.1 Å². The lowest BCUT2D eigenvalue weighted by Crippen LogP contribution is -2.15. The highest BCUT2D eigenvalue weighted by atomic mass is 19.3. The number of pyridine rings is 1. The standard InChI is InChI=1S/C19H18F2N6O2.C2H6O2/c1-10-13(18-27(24-10)7-4-8-28-18)15-14(11-5-3-6-22-16(11)23-15)12-9-26(2)25-17(12)29-19(20)21;3-1-2-4/h3,5-6,9,19H,4,7-8H2,1-2H3,(H,22,23);3-4H,1-2H2. The molecule has 4 aromatic heterocycles. The van der Waals surface area contributed by atoms with E-state index in [4.69, 9.17) is 19.7 Å². The van der Waals surface area contributed by atoms with Crippen LogP contribution in [-0.4, -0.2) is 66.2 Å². The Balaban J connectivity index is 0.000000601. The third-order valence-corrected chi connectivity index (χ3v) is 5.02. The maximum absolute atomic E-state index is 13.0. The first-order valence-electron chi connectivity index (χ1n) is 10.3. The van der Waals surface area contributed by atoms with Crippen LogP contribution >= 0.6 is 0 Å². The fraction of sp³-hybridized carbons (Fsp3) is 0.381. The van der Waals surface area contributed by atoms with Crippen LogP contribution in [0.15, 0.2) is 24.5 Å². The van der Waals surface area contributed by atoms with Crippen LogP contribution in [0.3, 0.4) is 0 Å². The zero-order chi connectivity index (χ0) is 23.5. The van der Waals surface area contributed by atoms with Gasteiger partial charge in [-0.15, -0.1) is 5.10 Å². The summed E-state index contributed by atoms with van der Waals surface area (Å²) in [6, 6.07) is 3.67. The van der Waals surface area contributed by atoms with Gasteiger partial charge in [0.2, 0.25) is 11.8 Å². The summed E-state index contributed by atoms with van der Waals surface area (Å²) >= 11 is 0. The van der Waals surface area contributed by atoms with Crippen molar-refractivity contribution >= 4 is 11.0 Å². The predicted octanol–water partition coefficient (Wildman–Crippen LogP) is 2.49. The SMILES string of the molecule is Cc1nn2c(c1-c1[nH]c3ncccc3c1-c1cn(C)nc1OC(F)F)OCCC2.OCCO. The minimum atomic E-state index is -2.98. The first-order valence-corrected chi connectivity index (χ1v) is 10.3. The molecule has 0 radical (unpaired) electrons. The Morgan fingerprint density at radius 3 is 2.76 bits per heavy atom. The Bertz CT molecular complexity index is 1250. The lowest BCUT2D eigenvalue weighted by molar-refractivity contribution is -0.0527. The summed E-state index contributed by atoms with van der Waals surface area (Å²) in [5, 5.41) is 24.7. The van der Waals surface area contributed by atoms with Gasteiger partial charge in [0.25, 0.3) is 0 Å². The van der Waals surface area contributed by atoms with E-state index in [0.717, 1.165) is 29.6 Å². The molecule has 12 heteroatoms. The Kier molecular flexibility index (Phi) is 6.56. The second kappa shape index (κ2) is 9.55. The van der Waals surface area contributed by atoms with Crippen LogP contribution in [0.25, 0.3) is 33.4 Å². The zero-order valence-corrected chi connectivity index (χ0v) is 18.1. The molecule has 0 unspecified atom stereocenters. The van der Waals surface area contributed by atoms with Gasteiger partial charge in [-0.25, -0.2) is 9.67 Å². The molecule has 33 heavy (non-hydrogen) atoms. The predicted molar refractivity (Wildman–Crippen MR) is 115 cm³/mol. The number of hydrogen-bond donors (Lipinski definition) is 3. The van der Waals surface area contributed by atoms with Gasteiger partial charge < -0.3 is 24.7 Å². The van der Waals surface area contributed by atoms with Crippen LogP contribution in [0, 0.1) is 6.92 Å². The van der Waals surface area contributed by atoms with Crippen LogP contribution in [0.1, 0.15) is 12.1 Å². The van der Waals surface area contributed by atoms with E-state index in [1.54, 1.807) is 25.5 Å². The maximum Gasteiger partial charge on any atom is 0.388 e. The van der Waals surface area contributed by atoms with Crippen molar-refractivity contribution < 1.29 is 28.5 Å². The van der Waals surface area contributed by atoms with Crippen LogP contribution in [0.2, 0.25) is 0 Å². The second-order valence-corrected chi connectivity index (χ2v) is 7.31. The van der Waals surface area contributed by atoms with Gasteiger partial charge in [0.15, 0.2) is 0 Å². The van der Waals surface area contributed by atoms with Crippen molar-refractivity contribution in [1.82, 2.24) is 29.5 Å². The number of nitrogens with one attached hydrogen (secondary N) is 1. The van der Waals surface area contributed by atoms with Crippen LogP contribution < -0.4 is 9.47 Å². The highest BCUT2D eigenvalue weighted by Crippen LogP contribution is 2.45. The Hall–Kier alpha value is -3.51. The number of aryl methyl sites for hydroxylation is 3. The zero-order valence-electron chi connectivity index (χ0n) is 18.1. The van der Waals surface area contributed by atoms with E-state index in [9.17, 15) is 8.78 Å². The van der Waals surface area contributed by atoms with Gasteiger partial charge >= 0.3 is 6.61 Å². The number of ether oxygens (including phenoxy) is 2. The maximum atomic E-state index is 13.0. The molecule has 0 saturated heterocycles. The van der Waals surface area contributed by atoms with Crippen LogP contribution in [0.5, 0.6) is 11.8 Å². The minimum absolute atomic E-state index is 0.125. The van der Waals surface area contributed by atoms with Crippen molar-refractivity contribution in [3.8, 4) is 34.1 Å².